The number of carbonyl (C=O) groups is 1. The number of rotatable bonds is 3. The van der Waals surface area contributed by atoms with E-state index < -0.39 is 11.8 Å². The van der Waals surface area contributed by atoms with Crippen molar-refractivity contribution in [3.8, 4) is 28.3 Å². The maximum atomic E-state index is 14.2. The third-order valence-corrected chi connectivity index (χ3v) is 4.86. The number of methoxy groups -OCH3 is 2. The van der Waals surface area contributed by atoms with Crippen molar-refractivity contribution in [3.05, 3.63) is 70.5 Å². The molecule has 3 aromatic rings. The summed E-state index contributed by atoms with van der Waals surface area (Å²) in [6, 6.07) is 12.4. The van der Waals surface area contributed by atoms with E-state index in [0.29, 0.717) is 23.2 Å². The van der Waals surface area contributed by atoms with Crippen molar-refractivity contribution in [3.63, 3.8) is 0 Å². The van der Waals surface area contributed by atoms with Gasteiger partial charge in [0.1, 0.15) is 0 Å². The summed E-state index contributed by atoms with van der Waals surface area (Å²) in [5, 5.41) is 0. The first kappa shape index (κ1) is 17.2. The molecule has 0 saturated carbocycles. The Morgan fingerprint density at radius 2 is 1.93 bits per heavy atom. The molecule has 4 rings (SSSR count). The van der Waals surface area contributed by atoms with Crippen LogP contribution in [0.15, 0.2) is 42.5 Å². The average Bonchev–Trinajstić information content (AvgIpc) is 3.03. The molecule has 0 amide bonds. The summed E-state index contributed by atoms with van der Waals surface area (Å²) in [6.45, 7) is 2.03. The second kappa shape index (κ2) is 6.50. The van der Waals surface area contributed by atoms with Gasteiger partial charge in [-0.3, -0.25) is 0 Å². The first-order valence-corrected chi connectivity index (χ1v) is 8.58. The SMILES string of the molecule is COC(=O)c1cc(-c2ccc(OC)c(F)c2)nc2c1Cc1cc(C)ccc1-2. The zero-order valence-electron chi connectivity index (χ0n) is 15.3. The molecule has 0 aliphatic heterocycles. The Labute approximate surface area is 156 Å². The van der Waals surface area contributed by atoms with E-state index in [9.17, 15) is 9.18 Å². The minimum absolute atomic E-state index is 0.161. The van der Waals surface area contributed by atoms with Crippen LogP contribution in [0.3, 0.4) is 0 Å². The number of benzene rings is 2. The van der Waals surface area contributed by atoms with Gasteiger partial charge in [0.2, 0.25) is 0 Å². The van der Waals surface area contributed by atoms with Gasteiger partial charge in [0, 0.05) is 17.5 Å². The summed E-state index contributed by atoms with van der Waals surface area (Å²) in [5.41, 5.74) is 6.42. The number of carbonyl (C=O) groups excluding carboxylic acids is 1. The smallest absolute Gasteiger partial charge is 0.338 e. The second-order valence-corrected chi connectivity index (χ2v) is 6.56. The number of hydrogen-bond acceptors (Lipinski definition) is 4. The molecule has 0 spiro atoms. The molecule has 0 bridgehead atoms. The van der Waals surface area contributed by atoms with Gasteiger partial charge in [-0.25, -0.2) is 14.2 Å². The Bertz CT molecular complexity index is 1080. The normalized spacial score (nSPS) is 11.7. The van der Waals surface area contributed by atoms with E-state index in [4.69, 9.17) is 14.5 Å². The molecule has 0 saturated heterocycles. The van der Waals surface area contributed by atoms with Gasteiger partial charge in [-0.15, -0.1) is 0 Å². The maximum absolute atomic E-state index is 14.2. The van der Waals surface area contributed by atoms with Crippen molar-refractivity contribution in [1.82, 2.24) is 4.98 Å². The van der Waals surface area contributed by atoms with Crippen LogP contribution in [0.4, 0.5) is 4.39 Å². The Kier molecular flexibility index (Phi) is 4.15. The van der Waals surface area contributed by atoms with Crippen molar-refractivity contribution in [2.75, 3.05) is 14.2 Å². The molecule has 0 radical (unpaired) electrons. The molecular weight excluding hydrogens is 345 g/mol. The average molecular weight is 363 g/mol. The molecule has 0 atom stereocenters. The van der Waals surface area contributed by atoms with Crippen molar-refractivity contribution in [2.24, 2.45) is 0 Å². The highest BCUT2D eigenvalue weighted by atomic mass is 19.1. The number of esters is 1. The van der Waals surface area contributed by atoms with E-state index in [0.717, 1.165) is 27.9 Å². The van der Waals surface area contributed by atoms with Gasteiger partial charge >= 0.3 is 5.97 Å². The van der Waals surface area contributed by atoms with Crippen molar-refractivity contribution < 1.29 is 18.7 Å². The van der Waals surface area contributed by atoms with E-state index in [1.165, 1.54) is 20.3 Å². The van der Waals surface area contributed by atoms with Crippen LogP contribution >= 0.6 is 0 Å². The monoisotopic (exact) mass is 363 g/mol. The number of fused-ring (bicyclic) bond motifs is 3. The third-order valence-electron chi connectivity index (χ3n) is 4.86. The molecule has 1 aliphatic rings. The number of ether oxygens (including phenoxy) is 2. The van der Waals surface area contributed by atoms with Gasteiger partial charge in [-0.2, -0.15) is 0 Å². The summed E-state index contributed by atoms with van der Waals surface area (Å²) < 4.78 is 24.1. The third kappa shape index (κ3) is 2.85. The fourth-order valence-corrected chi connectivity index (χ4v) is 3.53. The molecule has 1 heterocycles. The van der Waals surface area contributed by atoms with Crippen LogP contribution < -0.4 is 4.74 Å². The Morgan fingerprint density at radius 3 is 2.63 bits per heavy atom. The first-order valence-electron chi connectivity index (χ1n) is 8.58. The topological polar surface area (TPSA) is 48.4 Å². The number of halogens is 1. The molecular formula is C22H18FNO3. The van der Waals surface area contributed by atoms with Crippen LogP contribution in [0, 0.1) is 12.7 Å². The molecule has 0 unspecified atom stereocenters. The van der Waals surface area contributed by atoms with Crippen LogP contribution in [-0.2, 0) is 11.2 Å². The van der Waals surface area contributed by atoms with Crippen molar-refractivity contribution in [1.29, 1.82) is 0 Å². The lowest BCUT2D eigenvalue weighted by molar-refractivity contribution is 0.0599. The fraction of sp³-hybridized carbons (Fsp3) is 0.182. The van der Waals surface area contributed by atoms with Gasteiger partial charge < -0.3 is 9.47 Å². The zero-order valence-corrected chi connectivity index (χ0v) is 15.3. The molecule has 27 heavy (non-hydrogen) atoms. The van der Waals surface area contributed by atoms with Crippen molar-refractivity contribution in [2.45, 2.75) is 13.3 Å². The lowest BCUT2D eigenvalue weighted by atomic mass is 10.0. The summed E-state index contributed by atoms with van der Waals surface area (Å²) in [7, 11) is 2.77. The lowest BCUT2D eigenvalue weighted by Gasteiger charge is -2.11. The van der Waals surface area contributed by atoms with Crippen molar-refractivity contribution >= 4 is 5.97 Å². The predicted octanol–water partition coefficient (Wildman–Crippen LogP) is 4.56. The molecule has 5 heteroatoms. The highest BCUT2D eigenvalue weighted by molar-refractivity contribution is 5.96. The molecule has 1 aliphatic carbocycles. The lowest BCUT2D eigenvalue weighted by Crippen LogP contribution is -2.07. The van der Waals surface area contributed by atoms with Gasteiger partial charge in [0.15, 0.2) is 11.6 Å². The van der Waals surface area contributed by atoms with Gasteiger partial charge in [-0.1, -0.05) is 23.8 Å². The largest absolute Gasteiger partial charge is 0.494 e. The van der Waals surface area contributed by atoms with E-state index >= 15 is 0 Å². The Morgan fingerprint density at radius 1 is 1.11 bits per heavy atom. The zero-order chi connectivity index (χ0) is 19.1. The van der Waals surface area contributed by atoms with Gasteiger partial charge in [0.05, 0.1) is 31.2 Å². The standard InChI is InChI=1S/C22H18FNO3/c1-12-4-6-15-14(8-12)9-16-17(22(25)27-3)11-19(24-21(15)16)13-5-7-20(26-2)18(23)10-13/h4-8,10-11H,9H2,1-3H3. The minimum Gasteiger partial charge on any atom is -0.494 e. The van der Waals surface area contributed by atoms with Gasteiger partial charge in [0.25, 0.3) is 0 Å². The Hall–Kier alpha value is -3.21. The van der Waals surface area contributed by atoms with E-state index in [1.54, 1.807) is 18.2 Å². The number of aromatic nitrogens is 1. The van der Waals surface area contributed by atoms with E-state index in [1.807, 2.05) is 19.1 Å². The molecule has 2 aromatic carbocycles. The summed E-state index contributed by atoms with van der Waals surface area (Å²) in [6.07, 6.45) is 0.626. The highest BCUT2D eigenvalue weighted by Gasteiger charge is 2.27. The van der Waals surface area contributed by atoms with Crippen LogP contribution in [0.5, 0.6) is 5.75 Å². The molecule has 0 fully saturated rings. The molecule has 4 nitrogen and oxygen atoms in total. The number of nitrogens with zero attached hydrogens (tertiary/aromatic N) is 1. The van der Waals surface area contributed by atoms with Crippen LogP contribution in [-0.4, -0.2) is 25.2 Å². The summed E-state index contributed by atoms with van der Waals surface area (Å²) in [5.74, 6) is -0.740. The van der Waals surface area contributed by atoms with Crippen LogP contribution in [0.25, 0.3) is 22.5 Å². The second-order valence-electron chi connectivity index (χ2n) is 6.56. The highest BCUT2D eigenvalue weighted by Crippen LogP contribution is 2.39. The number of hydrogen-bond donors (Lipinski definition) is 0. The molecule has 1 aromatic heterocycles. The fourth-order valence-electron chi connectivity index (χ4n) is 3.53. The summed E-state index contributed by atoms with van der Waals surface area (Å²) >= 11 is 0. The Balaban J connectivity index is 1.93. The first-order chi connectivity index (χ1) is 13.0. The number of pyridine rings is 1. The quantitative estimate of drug-likeness (QED) is 0.501. The molecule has 0 N–H and O–H groups in total. The minimum atomic E-state index is -0.479. The van der Waals surface area contributed by atoms with E-state index in [2.05, 4.69) is 6.07 Å². The predicted molar refractivity (Wildman–Crippen MR) is 101 cm³/mol. The van der Waals surface area contributed by atoms with Crippen LogP contribution in [0.2, 0.25) is 0 Å². The molecule has 136 valence electrons. The van der Waals surface area contributed by atoms with E-state index in [-0.39, 0.29) is 5.75 Å². The summed E-state index contributed by atoms with van der Waals surface area (Å²) in [4.78, 5) is 17.2. The maximum Gasteiger partial charge on any atom is 0.338 e. The van der Waals surface area contributed by atoms with Crippen LogP contribution in [0.1, 0.15) is 27.0 Å². The number of aryl methyl sites for hydroxylation is 1. The van der Waals surface area contributed by atoms with Gasteiger partial charge in [-0.05, 0) is 42.3 Å².